The van der Waals surface area contributed by atoms with Crippen LogP contribution in [0.1, 0.15) is 60.1 Å². The summed E-state index contributed by atoms with van der Waals surface area (Å²) in [6.07, 6.45) is 4.24. The number of halogens is 1. The van der Waals surface area contributed by atoms with Crippen LogP contribution in [0, 0.1) is 18.7 Å². The highest BCUT2D eigenvalue weighted by Crippen LogP contribution is 2.45. The quantitative estimate of drug-likeness (QED) is 0.417. The Kier molecular flexibility index (Phi) is 5.88. The number of ether oxygens (including phenoxy) is 2. The number of fused-ring (bicyclic) bond motifs is 1. The molecule has 0 spiro atoms. The van der Waals surface area contributed by atoms with Crippen molar-refractivity contribution in [1.82, 2.24) is 4.98 Å². The largest absolute Gasteiger partial charge is 0.469 e. The highest BCUT2D eigenvalue weighted by Gasteiger charge is 2.36. The van der Waals surface area contributed by atoms with Gasteiger partial charge in [0.05, 0.1) is 13.5 Å². The van der Waals surface area contributed by atoms with Gasteiger partial charge in [-0.05, 0) is 67.9 Å². The first-order chi connectivity index (χ1) is 16.0. The second-order valence-electron chi connectivity index (χ2n) is 9.18. The van der Waals surface area contributed by atoms with E-state index in [0.717, 1.165) is 53.6 Å². The van der Waals surface area contributed by atoms with Crippen LogP contribution < -0.4 is 4.74 Å². The van der Waals surface area contributed by atoms with Crippen molar-refractivity contribution in [1.29, 1.82) is 0 Å². The molecule has 33 heavy (non-hydrogen) atoms. The van der Waals surface area contributed by atoms with E-state index in [1.54, 1.807) is 6.07 Å². The summed E-state index contributed by atoms with van der Waals surface area (Å²) in [5, 5.41) is 0. The van der Waals surface area contributed by atoms with Gasteiger partial charge in [-0.1, -0.05) is 42.0 Å². The third kappa shape index (κ3) is 4.63. The molecule has 0 bridgehead atoms. The van der Waals surface area contributed by atoms with Crippen LogP contribution in [0.4, 0.5) is 4.39 Å². The second-order valence-corrected chi connectivity index (χ2v) is 9.18. The highest BCUT2D eigenvalue weighted by atomic mass is 19.1. The number of nitrogens with zero attached hydrogens (tertiary/aromatic N) is 1. The van der Waals surface area contributed by atoms with E-state index in [1.165, 1.54) is 13.2 Å². The van der Waals surface area contributed by atoms with E-state index in [4.69, 9.17) is 14.5 Å². The monoisotopic (exact) mass is 445 g/mol. The molecule has 2 unspecified atom stereocenters. The second kappa shape index (κ2) is 8.97. The predicted octanol–water partition coefficient (Wildman–Crippen LogP) is 6.32. The van der Waals surface area contributed by atoms with Gasteiger partial charge in [0, 0.05) is 22.7 Å². The maximum absolute atomic E-state index is 14.3. The molecule has 5 heteroatoms. The van der Waals surface area contributed by atoms with Gasteiger partial charge in [0.1, 0.15) is 11.9 Å². The zero-order chi connectivity index (χ0) is 22.9. The molecule has 4 nitrogen and oxygen atoms in total. The van der Waals surface area contributed by atoms with Gasteiger partial charge in [-0.25, -0.2) is 9.37 Å². The number of hydrogen-bond acceptors (Lipinski definition) is 4. The molecule has 0 amide bonds. The van der Waals surface area contributed by atoms with Gasteiger partial charge in [0.25, 0.3) is 0 Å². The third-order valence-electron chi connectivity index (χ3n) is 6.79. The number of hydrogen-bond donors (Lipinski definition) is 0. The van der Waals surface area contributed by atoms with Crippen LogP contribution in [0.15, 0.2) is 54.6 Å². The van der Waals surface area contributed by atoms with E-state index in [1.807, 2.05) is 43.3 Å². The molecule has 0 radical (unpaired) electrons. The molecule has 0 N–H and O–H groups in total. The molecule has 1 aliphatic carbocycles. The van der Waals surface area contributed by atoms with Crippen molar-refractivity contribution in [2.24, 2.45) is 5.92 Å². The predicted molar refractivity (Wildman–Crippen MR) is 125 cm³/mol. The minimum atomic E-state index is -0.218. The maximum Gasteiger partial charge on any atom is 0.306 e. The topological polar surface area (TPSA) is 48.4 Å². The van der Waals surface area contributed by atoms with E-state index in [2.05, 4.69) is 6.07 Å². The fourth-order valence-corrected chi connectivity index (χ4v) is 4.71. The number of esters is 1. The lowest BCUT2D eigenvalue weighted by molar-refractivity contribution is -0.141. The number of rotatable bonds is 6. The first-order valence-corrected chi connectivity index (χ1v) is 11.6. The fourth-order valence-electron chi connectivity index (χ4n) is 4.71. The van der Waals surface area contributed by atoms with Crippen molar-refractivity contribution in [3.63, 3.8) is 0 Å². The Hall–Kier alpha value is -3.21. The molecule has 1 aliphatic heterocycles. The molecule has 1 aromatic heterocycles. The van der Waals surface area contributed by atoms with Crippen LogP contribution >= 0.6 is 0 Å². The summed E-state index contributed by atoms with van der Waals surface area (Å²) in [5.74, 6) is 0.812. The summed E-state index contributed by atoms with van der Waals surface area (Å²) in [7, 11) is 1.43. The highest BCUT2D eigenvalue weighted by molar-refractivity contribution is 5.70. The normalized spacial score (nSPS) is 18.2. The van der Waals surface area contributed by atoms with Crippen molar-refractivity contribution in [3.05, 3.63) is 82.8 Å². The average molecular weight is 446 g/mol. The van der Waals surface area contributed by atoms with Crippen molar-refractivity contribution < 1.29 is 18.7 Å². The van der Waals surface area contributed by atoms with E-state index >= 15 is 0 Å². The Morgan fingerprint density at radius 1 is 1.12 bits per heavy atom. The SMILES string of the molecule is COC(=O)CC(c1ccc2c(n1)OC(c1ccc(-c3cc(C)ccc3F)cc1)CC2)C1CC1. The number of aromatic nitrogens is 1. The van der Waals surface area contributed by atoms with E-state index in [-0.39, 0.29) is 23.8 Å². The standard InChI is InChI=1S/C28H28FNO3/c1-17-3-12-24(29)22(15-17)18-6-8-20(9-7-18)26-14-11-21-10-13-25(30-28(21)33-26)23(19-4-5-19)16-27(31)32-2/h3,6-10,12-13,15,19,23,26H,4-5,11,14,16H2,1-2H3. The molecule has 2 aliphatic rings. The molecule has 1 saturated carbocycles. The fraction of sp³-hybridized carbons (Fsp3) is 0.357. The number of benzene rings is 2. The summed E-state index contributed by atoms with van der Waals surface area (Å²) < 4.78 is 25.5. The van der Waals surface area contributed by atoms with Crippen molar-refractivity contribution >= 4 is 5.97 Å². The van der Waals surface area contributed by atoms with Gasteiger partial charge in [0.2, 0.25) is 5.88 Å². The molecule has 0 saturated heterocycles. The molecule has 2 heterocycles. The molecule has 3 aromatic rings. The zero-order valence-electron chi connectivity index (χ0n) is 19.0. The minimum absolute atomic E-state index is 0.0789. The summed E-state index contributed by atoms with van der Waals surface area (Å²) in [6.45, 7) is 1.96. The van der Waals surface area contributed by atoms with Gasteiger partial charge < -0.3 is 9.47 Å². The van der Waals surface area contributed by atoms with E-state index < -0.39 is 0 Å². The molecule has 170 valence electrons. The van der Waals surface area contributed by atoms with Crippen molar-refractivity contribution in [2.75, 3.05) is 7.11 Å². The molecule has 2 atom stereocenters. The summed E-state index contributed by atoms with van der Waals surface area (Å²) in [5.41, 5.74) is 5.55. The molecular weight excluding hydrogens is 417 g/mol. The van der Waals surface area contributed by atoms with E-state index in [0.29, 0.717) is 23.8 Å². The average Bonchev–Trinajstić information content (AvgIpc) is 3.68. The number of carbonyl (C=O) groups is 1. The Bertz CT molecular complexity index is 1170. The first kappa shape index (κ1) is 21.6. The Labute approximate surface area is 193 Å². The van der Waals surface area contributed by atoms with Gasteiger partial charge in [0.15, 0.2) is 0 Å². The smallest absolute Gasteiger partial charge is 0.306 e. The van der Waals surface area contributed by atoms with Crippen LogP contribution in [0.5, 0.6) is 5.88 Å². The minimum Gasteiger partial charge on any atom is -0.469 e. The van der Waals surface area contributed by atoms with Gasteiger partial charge >= 0.3 is 5.97 Å². The van der Waals surface area contributed by atoms with Crippen LogP contribution in [0.3, 0.4) is 0 Å². The number of pyridine rings is 1. The first-order valence-electron chi connectivity index (χ1n) is 11.6. The van der Waals surface area contributed by atoms with Crippen LogP contribution in [0.2, 0.25) is 0 Å². The Morgan fingerprint density at radius 3 is 2.64 bits per heavy atom. The summed E-state index contributed by atoms with van der Waals surface area (Å²) >= 11 is 0. The van der Waals surface area contributed by atoms with Gasteiger partial charge in [-0.15, -0.1) is 0 Å². The van der Waals surface area contributed by atoms with Crippen LogP contribution in [0.25, 0.3) is 11.1 Å². The van der Waals surface area contributed by atoms with Crippen molar-refractivity contribution in [2.45, 2.75) is 51.0 Å². The number of carbonyl (C=O) groups excluding carboxylic acids is 1. The van der Waals surface area contributed by atoms with E-state index in [9.17, 15) is 9.18 Å². The van der Waals surface area contributed by atoms with Crippen LogP contribution in [-0.4, -0.2) is 18.1 Å². The van der Waals surface area contributed by atoms with Crippen LogP contribution in [-0.2, 0) is 16.0 Å². The summed E-state index contributed by atoms with van der Waals surface area (Å²) in [4.78, 5) is 16.8. The molecule has 5 rings (SSSR count). The zero-order valence-corrected chi connectivity index (χ0v) is 19.0. The van der Waals surface area contributed by atoms with Gasteiger partial charge in [-0.3, -0.25) is 4.79 Å². The molecule has 2 aromatic carbocycles. The summed E-state index contributed by atoms with van der Waals surface area (Å²) in [6, 6.07) is 17.2. The molecule has 1 fully saturated rings. The van der Waals surface area contributed by atoms with Gasteiger partial charge in [-0.2, -0.15) is 0 Å². The maximum atomic E-state index is 14.3. The molecular formula is C28H28FNO3. The number of methoxy groups -OCH3 is 1. The number of aryl methyl sites for hydroxylation is 2. The lowest BCUT2D eigenvalue weighted by atomic mass is 9.93. The lowest BCUT2D eigenvalue weighted by Gasteiger charge is -2.27. The third-order valence-corrected chi connectivity index (χ3v) is 6.79. The Morgan fingerprint density at radius 2 is 1.91 bits per heavy atom. The lowest BCUT2D eigenvalue weighted by Crippen LogP contribution is -2.18. The Balaban J connectivity index is 1.36. The van der Waals surface area contributed by atoms with Crippen molar-refractivity contribution in [3.8, 4) is 17.0 Å².